The van der Waals surface area contributed by atoms with Gasteiger partial charge >= 0.3 is 0 Å². The minimum absolute atomic E-state index is 0.0708. The summed E-state index contributed by atoms with van der Waals surface area (Å²) >= 11 is 0. The van der Waals surface area contributed by atoms with Gasteiger partial charge in [0.2, 0.25) is 0 Å². The van der Waals surface area contributed by atoms with Crippen LogP contribution in [-0.4, -0.2) is 12.9 Å². The third-order valence-electron chi connectivity index (χ3n) is 5.51. The monoisotopic (exact) mass is 394 g/mol. The van der Waals surface area contributed by atoms with Gasteiger partial charge in [-0.05, 0) is 57.0 Å². The lowest BCUT2D eigenvalue weighted by Gasteiger charge is -2.32. The fraction of sp³-hybridized carbons (Fsp3) is 0.179. The lowest BCUT2D eigenvalue weighted by Crippen LogP contribution is -2.19. The van der Waals surface area contributed by atoms with Gasteiger partial charge < -0.3 is 4.74 Å². The summed E-state index contributed by atoms with van der Waals surface area (Å²) in [4.78, 5) is 13.0. The molecule has 3 aromatic rings. The Morgan fingerprint density at radius 1 is 0.733 bits per heavy atom. The van der Waals surface area contributed by atoms with E-state index in [1.54, 1.807) is 7.11 Å². The number of allylic oxidation sites excluding steroid dienone is 3. The van der Waals surface area contributed by atoms with Gasteiger partial charge in [-0.3, -0.25) is 4.79 Å². The first-order chi connectivity index (χ1) is 14.4. The smallest absolute Gasteiger partial charge is 0.186 e. The Morgan fingerprint density at radius 2 is 1.30 bits per heavy atom. The number of ketones is 1. The second kappa shape index (κ2) is 7.79. The van der Waals surface area contributed by atoms with Crippen LogP contribution in [0, 0.1) is 5.41 Å². The van der Waals surface area contributed by atoms with Gasteiger partial charge in [0.05, 0.1) is 7.11 Å². The average molecular weight is 395 g/mol. The van der Waals surface area contributed by atoms with Crippen LogP contribution in [0.1, 0.15) is 47.8 Å². The van der Waals surface area contributed by atoms with Crippen molar-refractivity contribution >= 4 is 16.9 Å². The van der Waals surface area contributed by atoms with E-state index in [-0.39, 0.29) is 11.2 Å². The van der Waals surface area contributed by atoms with Crippen LogP contribution < -0.4 is 4.74 Å². The van der Waals surface area contributed by atoms with E-state index >= 15 is 0 Å². The van der Waals surface area contributed by atoms with Crippen molar-refractivity contribution in [3.63, 3.8) is 0 Å². The second-order valence-electron chi connectivity index (χ2n) is 8.56. The van der Waals surface area contributed by atoms with E-state index in [1.807, 2.05) is 42.5 Å². The SMILES string of the molecule is COc1ccc(/C(=C2/C(C(C)(C)C)=CC(=O)c3ccccc32)c2ccccc2)cc1. The summed E-state index contributed by atoms with van der Waals surface area (Å²) in [6.07, 6.45) is 1.82. The second-order valence-corrected chi connectivity index (χ2v) is 8.56. The molecule has 0 aliphatic heterocycles. The fourth-order valence-corrected chi connectivity index (χ4v) is 4.02. The third kappa shape index (κ3) is 3.61. The minimum Gasteiger partial charge on any atom is -0.497 e. The van der Waals surface area contributed by atoms with E-state index in [4.69, 9.17) is 4.74 Å². The maximum atomic E-state index is 13.0. The standard InChI is InChI=1S/C28H26O2/c1-28(2,3)24-18-25(29)22-12-8-9-13-23(22)27(24)26(19-10-6-5-7-11-19)20-14-16-21(30-4)17-15-20/h5-18H,1-4H3/b27-26+. The predicted molar refractivity (Wildman–Crippen MR) is 124 cm³/mol. The molecule has 3 aromatic carbocycles. The van der Waals surface area contributed by atoms with Crippen molar-refractivity contribution in [2.75, 3.05) is 7.11 Å². The summed E-state index contributed by atoms with van der Waals surface area (Å²) in [5.41, 5.74) is 7.07. The molecule has 0 radical (unpaired) electrons. The number of methoxy groups -OCH3 is 1. The number of fused-ring (bicyclic) bond motifs is 1. The van der Waals surface area contributed by atoms with E-state index < -0.39 is 0 Å². The topological polar surface area (TPSA) is 26.3 Å². The summed E-state index contributed by atoms with van der Waals surface area (Å²) < 4.78 is 5.37. The highest BCUT2D eigenvalue weighted by atomic mass is 16.5. The first-order valence-corrected chi connectivity index (χ1v) is 10.2. The van der Waals surface area contributed by atoms with Gasteiger partial charge in [-0.25, -0.2) is 0 Å². The molecular weight excluding hydrogens is 368 g/mol. The summed E-state index contributed by atoms with van der Waals surface area (Å²) in [7, 11) is 1.68. The number of benzene rings is 3. The molecule has 0 heterocycles. The molecule has 30 heavy (non-hydrogen) atoms. The number of hydrogen-bond donors (Lipinski definition) is 0. The molecule has 0 N–H and O–H groups in total. The highest BCUT2D eigenvalue weighted by Gasteiger charge is 2.32. The lowest BCUT2D eigenvalue weighted by molar-refractivity contribution is 0.104. The molecule has 0 fully saturated rings. The average Bonchev–Trinajstić information content (AvgIpc) is 2.76. The van der Waals surface area contributed by atoms with Gasteiger partial charge in [0, 0.05) is 5.56 Å². The van der Waals surface area contributed by atoms with Crippen molar-refractivity contribution in [3.8, 4) is 5.75 Å². The van der Waals surface area contributed by atoms with E-state index in [0.717, 1.165) is 44.7 Å². The minimum atomic E-state index is -0.189. The fourth-order valence-electron chi connectivity index (χ4n) is 4.02. The number of carbonyl (C=O) groups excluding carboxylic acids is 1. The zero-order valence-corrected chi connectivity index (χ0v) is 17.9. The highest BCUT2D eigenvalue weighted by Crippen LogP contribution is 2.46. The van der Waals surface area contributed by atoms with Crippen LogP contribution in [0.25, 0.3) is 11.1 Å². The summed E-state index contributed by atoms with van der Waals surface area (Å²) in [5, 5.41) is 0. The van der Waals surface area contributed by atoms with Crippen molar-refractivity contribution in [3.05, 3.63) is 113 Å². The Labute approximate surface area is 178 Å². The van der Waals surface area contributed by atoms with Crippen molar-refractivity contribution in [1.82, 2.24) is 0 Å². The molecule has 0 atom stereocenters. The van der Waals surface area contributed by atoms with E-state index in [0.29, 0.717) is 0 Å². The molecule has 0 saturated heterocycles. The molecule has 0 aromatic heterocycles. The van der Waals surface area contributed by atoms with Crippen LogP contribution in [0.15, 0.2) is 90.5 Å². The van der Waals surface area contributed by atoms with Gasteiger partial charge in [0.25, 0.3) is 0 Å². The molecule has 0 spiro atoms. The molecule has 0 unspecified atom stereocenters. The first-order valence-electron chi connectivity index (χ1n) is 10.2. The lowest BCUT2D eigenvalue weighted by atomic mass is 9.71. The van der Waals surface area contributed by atoms with E-state index in [1.165, 1.54) is 0 Å². The molecule has 1 aliphatic rings. The number of carbonyl (C=O) groups is 1. The van der Waals surface area contributed by atoms with Crippen molar-refractivity contribution < 1.29 is 9.53 Å². The maximum absolute atomic E-state index is 13.0. The number of rotatable bonds is 3. The predicted octanol–water partition coefficient (Wildman–Crippen LogP) is 6.82. The molecule has 2 nitrogen and oxygen atoms in total. The van der Waals surface area contributed by atoms with Crippen LogP contribution in [0.4, 0.5) is 0 Å². The van der Waals surface area contributed by atoms with Gasteiger partial charge in [-0.1, -0.05) is 87.5 Å². The van der Waals surface area contributed by atoms with Gasteiger partial charge in [-0.15, -0.1) is 0 Å². The molecule has 0 bridgehead atoms. The molecule has 150 valence electrons. The molecule has 0 saturated carbocycles. The number of hydrogen-bond acceptors (Lipinski definition) is 2. The molecule has 1 aliphatic carbocycles. The van der Waals surface area contributed by atoms with E-state index in [2.05, 4.69) is 63.2 Å². The van der Waals surface area contributed by atoms with Crippen LogP contribution in [0.3, 0.4) is 0 Å². The summed E-state index contributed by atoms with van der Waals surface area (Å²) in [5.74, 6) is 0.892. The van der Waals surface area contributed by atoms with E-state index in [9.17, 15) is 4.79 Å². The first kappa shape index (κ1) is 19.9. The quantitative estimate of drug-likeness (QED) is 0.487. The zero-order chi connectivity index (χ0) is 21.3. The van der Waals surface area contributed by atoms with Crippen LogP contribution in [-0.2, 0) is 0 Å². The zero-order valence-electron chi connectivity index (χ0n) is 17.9. The highest BCUT2D eigenvalue weighted by molar-refractivity contribution is 6.18. The molecule has 2 heteroatoms. The largest absolute Gasteiger partial charge is 0.497 e. The van der Waals surface area contributed by atoms with Crippen LogP contribution >= 0.6 is 0 Å². The van der Waals surface area contributed by atoms with Gasteiger partial charge in [-0.2, -0.15) is 0 Å². The Morgan fingerprint density at radius 3 is 1.90 bits per heavy atom. The normalized spacial score (nSPS) is 15.3. The Balaban J connectivity index is 2.12. The van der Waals surface area contributed by atoms with Crippen molar-refractivity contribution in [2.45, 2.75) is 20.8 Å². The Bertz CT molecular complexity index is 1140. The summed E-state index contributed by atoms with van der Waals surface area (Å²) in [6.45, 7) is 6.49. The van der Waals surface area contributed by atoms with Gasteiger partial charge in [0.1, 0.15) is 5.75 Å². The molecule has 4 rings (SSSR count). The molecule has 0 amide bonds. The Hall–Kier alpha value is -3.39. The third-order valence-corrected chi connectivity index (χ3v) is 5.51. The Kier molecular flexibility index (Phi) is 5.17. The van der Waals surface area contributed by atoms with Crippen LogP contribution in [0.5, 0.6) is 5.75 Å². The van der Waals surface area contributed by atoms with Gasteiger partial charge in [0.15, 0.2) is 5.78 Å². The summed E-state index contributed by atoms with van der Waals surface area (Å²) in [6, 6.07) is 26.5. The maximum Gasteiger partial charge on any atom is 0.186 e. The molecular formula is C28H26O2. The van der Waals surface area contributed by atoms with Crippen molar-refractivity contribution in [1.29, 1.82) is 0 Å². The van der Waals surface area contributed by atoms with Crippen LogP contribution in [0.2, 0.25) is 0 Å². The van der Waals surface area contributed by atoms with Crippen molar-refractivity contribution in [2.24, 2.45) is 5.41 Å². The number of ether oxygens (including phenoxy) is 1.